The molecule has 0 spiro atoms. The van der Waals surface area contributed by atoms with Gasteiger partial charge in [-0.15, -0.1) is 10.2 Å². The molecule has 5 rings (SSSR count). The molecule has 1 aromatic heterocycles. The summed E-state index contributed by atoms with van der Waals surface area (Å²) in [5.41, 5.74) is 0.983. The second-order valence-electron chi connectivity index (χ2n) is 7.78. The van der Waals surface area contributed by atoms with Crippen molar-refractivity contribution in [1.82, 2.24) is 20.1 Å². The summed E-state index contributed by atoms with van der Waals surface area (Å²) in [6, 6.07) is 17.7. The molecule has 1 N–H and O–H groups in total. The van der Waals surface area contributed by atoms with Crippen LogP contribution < -0.4 is 14.8 Å². The Balaban J connectivity index is 1.42. The molecule has 8 nitrogen and oxygen atoms in total. The van der Waals surface area contributed by atoms with Gasteiger partial charge in [0.1, 0.15) is 5.54 Å². The average Bonchev–Trinajstić information content (AvgIpc) is 3.57. The highest BCUT2D eigenvalue weighted by Gasteiger charge is 2.35. The fraction of sp³-hybridized carbons (Fsp3) is 0.304. The molecule has 0 unspecified atom stereocenters. The molecule has 1 fully saturated rings. The molecule has 0 radical (unpaired) electrons. The summed E-state index contributed by atoms with van der Waals surface area (Å²) >= 11 is 1.30. The van der Waals surface area contributed by atoms with Gasteiger partial charge in [-0.3, -0.25) is 9.36 Å². The first-order chi connectivity index (χ1) is 15.7. The van der Waals surface area contributed by atoms with Crippen LogP contribution in [0.2, 0.25) is 0 Å². The Bertz CT molecular complexity index is 1180. The van der Waals surface area contributed by atoms with Crippen LogP contribution in [0.15, 0.2) is 53.7 Å². The lowest BCUT2D eigenvalue weighted by molar-refractivity contribution is -0.119. The maximum Gasteiger partial charge on any atom is 0.231 e. The Morgan fingerprint density at radius 1 is 1.12 bits per heavy atom. The normalized spacial score (nSPS) is 16.0. The Morgan fingerprint density at radius 3 is 2.69 bits per heavy atom. The van der Waals surface area contributed by atoms with Gasteiger partial charge in [-0.05, 0) is 56.0 Å². The van der Waals surface area contributed by atoms with E-state index in [-0.39, 0.29) is 18.5 Å². The molecule has 2 heterocycles. The molecule has 32 heavy (non-hydrogen) atoms. The van der Waals surface area contributed by atoms with Crippen molar-refractivity contribution in [3.8, 4) is 34.6 Å². The van der Waals surface area contributed by atoms with Crippen LogP contribution in [0.3, 0.4) is 0 Å². The van der Waals surface area contributed by atoms with Gasteiger partial charge in [0.05, 0.1) is 11.8 Å². The maximum atomic E-state index is 12.6. The molecular weight excluding hydrogens is 426 g/mol. The second-order valence-corrected chi connectivity index (χ2v) is 8.73. The van der Waals surface area contributed by atoms with Gasteiger partial charge in [0, 0.05) is 11.3 Å². The van der Waals surface area contributed by atoms with Crippen molar-refractivity contribution in [2.24, 2.45) is 0 Å². The number of hydrogen-bond donors (Lipinski definition) is 1. The highest BCUT2D eigenvalue weighted by molar-refractivity contribution is 7.99. The largest absolute Gasteiger partial charge is 0.454 e. The smallest absolute Gasteiger partial charge is 0.231 e. The molecule has 1 aliphatic carbocycles. The number of hydrogen-bond acceptors (Lipinski definition) is 7. The number of para-hydroxylation sites is 1. The minimum Gasteiger partial charge on any atom is -0.454 e. The number of nitrogens with zero attached hydrogens (tertiary/aromatic N) is 4. The summed E-state index contributed by atoms with van der Waals surface area (Å²) in [7, 11) is 0. The molecule has 0 atom stereocenters. The van der Waals surface area contributed by atoms with Gasteiger partial charge in [0.25, 0.3) is 0 Å². The molecule has 1 amide bonds. The van der Waals surface area contributed by atoms with Gasteiger partial charge in [-0.2, -0.15) is 5.26 Å². The molecule has 2 aliphatic rings. The zero-order valence-corrected chi connectivity index (χ0v) is 18.1. The van der Waals surface area contributed by atoms with Crippen LogP contribution in [0.1, 0.15) is 25.7 Å². The Labute approximate surface area is 189 Å². The van der Waals surface area contributed by atoms with Gasteiger partial charge in [-0.25, -0.2) is 0 Å². The minimum absolute atomic E-state index is 0.148. The van der Waals surface area contributed by atoms with Crippen LogP contribution in [0.4, 0.5) is 0 Å². The molecule has 2 aromatic carbocycles. The van der Waals surface area contributed by atoms with Crippen molar-refractivity contribution in [3.05, 3.63) is 48.5 Å². The van der Waals surface area contributed by atoms with Gasteiger partial charge in [0.2, 0.25) is 12.7 Å². The first-order valence-electron chi connectivity index (χ1n) is 10.4. The minimum atomic E-state index is -0.734. The first kappa shape index (κ1) is 20.4. The van der Waals surface area contributed by atoms with E-state index in [1.807, 2.05) is 53.1 Å². The Kier molecular flexibility index (Phi) is 5.45. The lowest BCUT2D eigenvalue weighted by atomic mass is 10.0. The number of benzene rings is 2. The van der Waals surface area contributed by atoms with Crippen LogP contribution in [-0.2, 0) is 4.79 Å². The van der Waals surface area contributed by atoms with Gasteiger partial charge < -0.3 is 14.8 Å². The van der Waals surface area contributed by atoms with Crippen molar-refractivity contribution in [3.63, 3.8) is 0 Å². The van der Waals surface area contributed by atoms with Crippen LogP contribution in [0, 0.1) is 11.3 Å². The number of rotatable bonds is 6. The molecule has 3 aromatic rings. The molecule has 0 saturated heterocycles. The highest BCUT2D eigenvalue weighted by Crippen LogP contribution is 2.37. The molecular formula is C23H21N5O3S. The van der Waals surface area contributed by atoms with Crippen molar-refractivity contribution in [1.29, 1.82) is 5.26 Å². The van der Waals surface area contributed by atoms with Crippen molar-refractivity contribution >= 4 is 17.7 Å². The molecule has 1 aliphatic heterocycles. The third-order valence-electron chi connectivity index (χ3n) is 5.66. The number of amides is 1. The van der Waals surface area contributed by atoms with E-state index in [1.54, 1.807) is 0 Å². The number of carbonyl (C=O) groups excluding carboxylic acids is 1. The van der Waals surface area contributed by atoms with Crippen LogP contribution >= 0.6 is 11.8 Å². The number of fused-ring (bicyclic) bond motifs is 1. The van der Waals surface area contributed by atoms with Gasteiger partial charge in [-0.1, -0.05) is 30.0 Å². The third-order valence-corrected chi connectivity index (χ3v) is 6.59. The van der Waals surface area contributed by atoms with E-state index in [0.717, 1.165) is 24.1 Å². The predicted octanol–water partition coefficient (Wildman–Crippen LogP) is 3.71. The lowest BCUT2D eigenvalue weighted by Crippen LogP contribution is -2.45. The van der Waals surface area contributed by atoms with E-state index >= 15 is 0 Å². The van der Waals surface area contributed by atoms with Crippen molar-refractivity contribution < 1.29 is 14.3 Å². The van der Waals surface area contributed by atoms with E-state index in [4.69, 9.17) is 9.47 Å². The fourth-order valence-electron chi connectivity index (χ4n) is 4.07. The zero-order valence-electron chi connectivity index (χ0n) is 17.3. The number of nitrogens with one attached hydrogen (secondary N) is 1. The standard InChI is InChI=1S/C23H21N5O3S/c24-14-23(10-4-5-11-23)25-20(29)13-32-22-27-26-21(28(22)17-6-2-1-3-7-17)16-8-9-18-19(12-16)31-15-30-18/h1-3,6-9,12H,4-5,10-11,13,15H2,(H,25,29). The number of carbonyl (C=O) groups is 1. The van der Waals surface area contributed by atoms with Crippen LogP contribution in [0.25, 0.3) is 17.1 Å². The fourth-order valence-corrected chi connectivity index (χ4v) is 4.82. The van der Waals surface area contributed by atoms with E-state index in [0.29, 0.717) is 35.3 Å². The quantitative estimate of drug-likeness (QED) is 0.575. The van der Waals surface area contributed by atoms with Gasteiger partial charge in [0.15, 0.2) is 22.5 Å². The monoisotopic (exact) mass is 447 g/mol. The van der Waals surface area contributed by atoms with Crippen LogP contribution in [0.5, 0.6) is 11.5 Å². The first-order valence-corrected chi connectivity index (χ1v) is 11.4. The maximum absolute atomic E-state index is 12.6. The predicted molar refractivity (Wildman–Crippen MR) is 119 cm³/mol. The number of aromatic nitrogens is 3. The van der Waals surface area contributed by atoms with E-state index in [2.05, 4.69) is 21.6 Å². The number of nitriles is 1. The van der Waals surface area contributed by atoms with E-state index in [9.17, 15) is 10.1 Å². The van der Waals surface area contributed by atoms with Gasteiger partial charge >= 0.3 is 0 Å². The summed E-state index contributed by atoms with van der Waals surface area (Å²) in [4.78, 5) is 12.6. The molecule has 0 bridgehead atoms. The van der Waals surface area contributed by atoms with Crippen LogP contribution in [-0.4, -0.2) is 38.8 Å². The average molecular weight is 448 g/mol. The lowest BCUT2D eigenvalue weighted by Gasteiger charge is -2.21. The van der Waals surface area contributed by atoms with E-state index in [1.165, 1.54) is 11.8 Å². The summed E-state index contributed by atoms with van der Waals surface area (Å²) in [5.74, 6) is 1.98. The number of ether oxygens (including phenoxy) is 2. The molecule has 162 valence electrons. The third kappa shape index (κ3) is 3.89. The molecule has 9 heteroatoms. The SMILES string of the molecule is N#CC1(NC(=O)CSc2nnc(-c3ccc4c(c3)OCO4)n2-c2ccccc2)CCCC1. The van der Waals surface area contributed by atoms with Crippen molar-refractivity contribution in [2.45, 2.75) is 36.4 Å². The Morgan fingerprint density at radius 2 is 1.91 bits per heavy atom. The zero-order chi connectivity index (χ0) is 22.0. The molecule has 1 saturated carbocycles. The summed E-state index contributed by atoms with van der Waals surface area (Å²) in [6.45, 7) is 0.199. The second kappa shape index (κ2) is 8.55. The van der Waals surface area contributed by atoms with E-state index < -0.39 is 5.54 Å². The van der Waals surface area contributed by atoms with Crippen molar-refractivity contribution in [2.75, 3.05) is 12.5 Å². The number of thioether (sulfide) groups is 1. The summed E-state index contributed by atoms with van der Waals surface area (Å²) < 4.78 is 12.8. The topological polar surface area (TPSA) is 102 Å². The summed E-state index contributed by atoms with van der Waals surface area (Å²) in [5, 5.41) is 21.8. The summed E-state index contributed by atoms with van der Waals surface area (Å²) in [6.07, 6.45) is 3.33. The Hall–Kier alpha value is -3.51. The highest BCUT2D eigenvalue weighted by atomic mass is 32.2.